The second-order valence-corrected chi connectivity index (χ2v) is 18.1. The third-order valence-corrected chi connectivity index (χ3v) is 15.5. The SMILES string of the molecule is COC(=O)CCCCCCCC(=O)N[C@]1(C)[C@@H]2CC[C@]3(C)[C@H](C(=O)C=C4[C@@H]5[C@@H](C)[C@H](C)CC[C@]5(C)CC[C@]43C)[C@@]2(C)CC[C@H]1OC(C)=O. The van der Waals surface area contributed by atoms with Crippen molar-refractivity contribution in [1.82, 2.24) is 5.32 Å². The van der Waals surface area contributed by atoms with Gasteiger partial charge in [-0.3, -0.25) is 19.2 Å². The first-order valence-corrected chi connectivity index (χ1v) is 19.3. The summed E-state index contributed by atoms with van der Waals surface area (Å²) in [7, 11) is 1.41. The van der Waals surface area contributed by atoms with E-state index >= 15 is 0 Å². The van der Waals surface area contributed by atoms with Crippen LogP contribution in [0.3, 0.4) is 0 Å². The number of methoxy groups -OCH3 is 1. The van der Waals surface area contributed by atoms with Gasteiger partial charge in [0.05, 0.1) is 12.6 Å². The maximum absolute atomic E-state index is 14.8. The number of ketones is 1. The highest BCUT2D eigenvalue weighted by molar-refractivity contribution is 5.95. The summed E-state index contributed by atoms with van der Waals surface area (Å²) in [5.41, 5.74) is 0.388. The molecule has 0 spiro atoms. The first kappa shape index (κ1) is 37.1. The van der Waals surface area contributed by atoms with Crippen molar-refractivity contribution in [1.29, 1.82) is 0 Å². The van der Waals surface area contributed by atoms with Crippen molar-refractivity contribution in [2.24, 2.45) is 51.2 Å². The third kappa shape index (κ3) is 6.09. The van der Waals surface area contributed by atoms with E-state index in [1.807, 2.05) is 0 Å². The van der Waals surface area contributed by atoms with Crippen LogP contribution < -0.4 is 5.32 Å². The topological polar surface area (TPSA) is 98.8 Å². The number of carbonyl (C=O) groups excluding carboxylic acids is 4. The van der Waals surface area contributed by atoms with Crippen LogP contribution in [0.5, 0.6) is 0 Å². The predicted octanol–water partition coefficient (Wildman–Crippen LogP) is 8.53. The molecule has 270 valence electrons. The van der Waals surface area contributed by atoms with Crippen molar-refractivity contribution in [3.05, 3.63) is 11.6 Å². The van der Waals surface area contributed by atoms with Crippen LogP contribution in [0.15, 0.2) is 11.6 Å². The van der Waals surface area contributed by atoms with Gasteiger partial charge >= 0.3 is 11.9 Å². The number of amides is 1. The average molecular weight is 668 g/mol. The molecule has 0 unspecified atom stereocenters. The number of fused-ring (bicyclic) bond motifs is 7. The standard InChI is InChI=1S/C41H65NO6/c1-26-17-20-37(4)23-24-39(6)29(35(37)27(26)2)25-30(44)36-38(5)21-19-32(48-28(3)43)41(8,31(38)18-22-40(36,39)7)42-33(45)15-13-11-10-12-14-16-34(46)47-9/h25-27,31-32,35-36H,10-24H2,1-9H3,(H,42,45)/t26-,27+,31-,32-,35+,36-,37-,38+,39-,40-,41-/m1/s1. The summed E-state index contributed by atoms with van der Waals surface area (Å²) in [5.74, 6) is 1.31. The number of carbonyl (C=O) groups is 4. The average Bonchev–Trinajstić information content (AvgIpc) is 3.01. The van der Waals surface area contributed by atoms with E-state index in [9.17, 15) is 19.2 Å². The van der Waals surface area contributed by atoms with Gasteiger partial charge in [0.25, 0.3) is 0 Å². The molecule has 0 bridgehead atoms. The summed E-state index contributed by atoms with van der Waals surface area (Å²) in [4.78, 5) is 52.2. The van der Waals surface area contributed by atoms with Crippen molar-refractivity contribution in [3.8, 4) is 0 Å². The molecule has 0 aromatic rings. The molecular formula is C41H65NO6. The lowest BCUT2D eigenvalue weighted by atomic mass is 9.33. The number of hydrogen-bond donors (Lipinski definition) is 1. The predicted molar refractivity (Wildman–Crippen MR) is 188 cm³/mol. The van der Waals surface area contributed by atoms with Gasteiger partial charge < -0.3 is 14.8 Å². The number of esters is 2. The van der Waals surface area contributed by atoms with Crippen LogP contribution in [-0.2, 0) is 28.7 Å². The molecule has 1 N–H and O–H groups in total. The maximum Gasteiger partial charge on any atom is 0.305 e. The molecule has 0 saturated heterocycles. The zero-order valence-electron chi connectivity index (χ0n) is 31.6. The van der Waals surface area contributed by atoms with Gasteiger partial charge in [0.1, 0.15) is 6.10 Å². The number of ether oxygens (including phenoxy) is 2. The summed E-state index contributed by atoms with van der Waals surface area (Å²) in [6.07, 6.45) is 15.0. The van der Waals surface area contributed by atoms with Crippen molar-refractivity contribution in [3.63, 3.8) is 0 Å². The van der Waals surface area contributed by atoms with Crippen LogP contribution in [0.2, 0.25) is 0 Å². The molecule has 11 atom stereocenters. The van der Waals surface area contributed by atoms with E-state index in [-0.39, 0.29) is 51.3 Å². The van der Waals surface area contributed by atoms with Crippen LogP contribution >= 0.6 is 0 Å². The molecule has 0 aromatic carbocycles. The Bertz CT molecular complexity index is 1310. The summed E-state index contributed by atoms with van der Waals surface area (Å²) < 4.78 is 10.7. The highest BCUT2D eigenvalue weighted by atomic mass is 16.5. The van der Waals surface area contributed by atoms with Crippen LogP contribution in [0.4, 0.5) is 0 Å². The highest BCUT2D eigenvalue weighted by Gasteiger charge is 2.71. The van der Waals surface area contributed by atoms with Gasteiger partial charge in [0, 0.05) is 25.7 Å². The summed E-state index contributed by atoms with van der Waals surface area (Å²) in [6, 6.07) is 0. The molecule has 7 nitrogen and oxygen atoms in total. The second-order valence-electron chi connectivity index (χ2n) is 18.1. The lowest BCUT2D eigenvalue weighted by molar-refractivity contribution is -0.201. The Hall–Kier alpha value is -2.18. The molecule has 0 aromatic heterocycles. The van der Waals surface area contributed by atoms with Crippen molar-refractivity contribution in [2.75, 3.05) is 7.11 Å². The summed E-state index contributed by atoms with van der Waals surface area (Å²) in [6.45, 7) is 18.1. The van der Waals surface area contributed by atoms with Crippen LogP contribution in [0, 0.1) is 51.2 Å². The second kappa shape index (κ2) is 13.5. The van der Waals surface area contributed by atoms with Gasteiger partial charge in [-0.05, 0) is 123 Å². The molecule has 0 heterocycles. The summed E-state index contributed by atoms with van der Waals surface area (Å²) in [5, 5.41) is 3.44. The Morgan fingerprint density at radius 3 is 2.19 bits per heavy atom. The molecular weight excluding hydrogens is 602 g/mol. The van der Waals surface area contributed by atoms with Gasteiger partial charge in [0.2, 0.25) is 5.91 Å². The fraction of sp³-hybridized carbons (Fsp3) is 0.854. The molecule has 4 fully saturated rings. The molecule has 4 saturated carbocycles. The van der Waals surface area contributed by atoms with Gasteiger partial charge in [-0.1, -0.05) is 66.4 Å². The first-order chi connectivity index (χ1) is 22.5. The zero-order valence-corrected chi connectivity index (χ0v) is 31.6. The normalized spacial score (nSPS) is 43.4. The Kier molecular flexibility index (Phi) is 10.4. The molecule has 1 amide bonds. The van der Waals surface area contributed by atoms with Crippen LogP contribution in [0.25, 0.3) is 0 Å². The maximum atomic E-state index is 14.8. The molecule has 0 aliphatic heterocycles. The number of unbranched alkanes of at least 4 members (excludes halogenated alkanes) is 4. The van der Waals surface area contributed by atoms with Crippen molar-refractivity contribution in [2.45, 2.75) is 163 Å². The van der Waals surface area contributed by atoms with E-state index in [0.29, 0.717) is 42.8 Å². The lowest BCUT2D eigenvalue weighted by Gasteiger charge is -2.71. The van der Waals surface area contributed by atoms with E-state index in [4.69, 9.17) is 9.47 Å². The third-order valence-electron chi connectivity index (χ3n) is 15.5. The first-order valence-electron chi connectivity index (χ1n) is 19.3. The van der Waals surface area contributed by atoms with E-state index in [1.165, 1.54) is 38.9 Å². The largest absolute Gasteiger partial charge is 0.469 e. The minimum Gasteiger partial charge on any atom is -0.469 e. The van der Waals surface area contributed by atoms with Crippen LogP contribution in [-0.4, -0.2) is 42.4 Å². The smallest absolute Gasteiger partial charge is 0.305 e. The molecule has 5 aliphatic carbocycles. The quantitative estimate of drug-likeness (QED) is 0.185. The van der Waals surface area contributed by atoms with Gasteiger partial charge in [-0.25, -0.2) is 0 Å². The molecule has 5 aliphatic rings. The number of allylic oxidation sites excluding steroid dienone is 2. The monoisotopic (exact) mass is 667 g/mol. The van der Waals surface area contributed by atoms with Crippen LogP contribution in [0.1, 0.15) is 152 Å². The van der Waals surface area contributed by atoms with Gasteiger partial charge in [-0.2, -0.15) is 0 Å². The number of nitrogens with one attached hydrogen (secondary N) is 1. The molecule has 7 heteroatoms. The van der Waals surface area contributed by atoms with Gasteiger partial charge in [-0.15, -0.1) is 0 Å². The lowest BCUT2D eigenvalue weighted by Crippen LogP contribution is -2.72. The molecule has 48 heavy (non-hydrogen) atoms. The van der Waals surface area contributed by atoms with Gasteiger partial charge in [0.15, 0.2) is 5.78 Å². The highest BCUT2D eigenvalue weighted by Crippen LogP contribution is 2.74. The Labute approximate surface area is 290 Å². The van der Waals surface area contributed by atoms with Crippen molar-refractivity contribution >= 4 is 23.6 Å². The minimum atomic E-state index is -0.763. The molecule has 5 rings (SSSR count). The minimum absolute atomic E-state index is 0.00780. The number of rotatable bonds is 10. The Morgan fingerprint density at radius 2 is 1.52 bits per heavy atom. The Morgan fingerprint density at radius 1 is 0.854 bits per heavy atom. The van der Waals surface area contributed by atoms with E-state index < -0.39 is 11.6 Å². The van der Waals surface area contributed by atoms with Crippen molar-refractivity contribution < 1.29 is 28.7 Å². The van der Waals surface area contributed by atoms with E-state index in [0.717, 1.165) is 57.8 Å². The molecule has 0 radical (unpaired) electrons. The fourth-order valence-corrected chi connectivity index (χ4v) is 12.5. The van der Waals surface area contributed by atoms with E-state index in [2.05, 4.69) is 59.9 Å². The fourth-order valence-electron chi connectivity index (χ4n) is 12.5. The van der Waals surface area contributed by atoms with E-state index in [1.54, 1.807) is 0 Å². The summed E-state index contributed by atoms with van der Waals surface area (Å²) >= 11 is 0. The zero-order chi connectivity index (χ0) is 35.3. The number of hydrogen-bond acceptors (Lipinski definition) is 6. The Balaban J connectivity index is 1.39.